The molecule has 0 radical (unpaired) electrons. The Balaban J connectivity index is 2.83. The molecule has 0 aliphatic rings. The molecule has 1 unspecified atom stereocenters. The van der Waals surface area contributed by atoms with E-state index in [1.165, 1.54) is 24.3 Å². The third-order valence-corrected chi connectivity index (χ3v) is 2.65. The Morgan fingerprint density at radius 2 is 1.90 bits per heavy atom. The Morgan fingerprint density at radius 3 is 2.35 bits per heavy atom. The van der Waals surface area contributed by atoms with Gasteiger partial charge < -0.3 is 4.74 Å². The lowest BCUT2D eigenvalue weighted by atomic mass is 10.1. The first-order valence-corrected chi connectivity index (χ1v) is 6.23. The Morgan fingerprint density at radius 1 is 1.30 bits per heavy atom. The number of alkyl halides is 3. The minimum absolute atomic E-state index is 0.261. The lowest BCUT2D eigenvalue weighted by Crippen LogP contribution is -2.17. The maximum absolute atomic E-state index is 12.0. The summed E-state index contributed by atoms with van der Waals surface area (Å²) in [5.41, 5.74) is 0.640. The van der Waals surface area contributed by atoms with E-state index >= 15 is 0 Å². The van der Waals surface area contributed by atoms with Gasteiger partial charge in [-0.05, 0) is 36.6 Å². The second kappa shape index (κ2) is 7.07. The Hall–Kier alpha value is -1.85. The molecule has 0 aromatic heterocycles. The second-order valence-electron chi connectivity index (χ2n) is 4.28. The summed E-state index contributed by atoms with van der Waals surface area (Å²) in [5, 5.41) is 0. The first-order valence-electron chi connectivity index (χ1n) is 6.23. The highest BCUT2D eigenvalue weighted by atomic mass is 19.4. The number of nitrogens with zero attached hydrogens (tertiary/aromatic N) is 2. The fourth-order valence-electron chi connectivity index (χ4n) is 1.37. The summed E-state index contributed by atoms with van der Waals surface area (Å²) in [7, 11) is 1.59. The second-order valence-corrected chi connectivity index (χ2v) is 4.28. The summed E-state index contributed by atoms with van der Waals surface area (Å²) < 4.78 is 39.9. The summed E-state index contributed by atoms with van der Waals surface area (Å²) in [6.07, 6.45) is -1.95. The molecule has 0 aliphatic carbocycles. The van der Waals surface area contributed by atoms with Crippen LogP contribution in [0.3, 0.4) is 0 Å². The first kappa shape index (κ1) is 16.2. The fraction of sp³-hybridized carbons (Fsp3) is 0.429. The number of benzene rings is 1. The van der Waals surface area contributed by atoms with E-state index in [2.05, 4.69) is 14.7 Å². The standard InChI is InChI=1S/C14H17F3N2O/c1-4-10(2)9-19-13(18-3)11-5-7-12(8-6-11)20-14(15,16)17/h5-10H,4H2,1-3H3/b18-13-,19-9-. The van der Waals surface area contributed by atoms with Crippen molar-refractivity contribution < 1.29 is 17.9 Å². The quantitative estimate of drug-likeness (QED) is 0.606. The number of hydrogen-bond donors (Lipinski definition) is 0. The van der Waals surface area contributed by atoms with Gasteiger partial charge >= 0.3 is 6.36 Å². The highest BCUT2D eigenvalue weighted by Gasteiger charge is 2.30. The molecular weight excluding hydrogens is 269 g/mol. The van der Waals surface area contributed by atoms with Gasteiger partial charge in [-0.15, -0.1) is 13.2 Å². The highest BCUT2D eigenvalue weighted by Crippen LogP contribution is 2.23. The number of halogens is 3. The first-order chi connectivity index (χ1) is 9.35. The van der Waals surface area contributed by atoms with E-state index in [4.69, 9.17) is 0 Å². The minimum atomic E-state index is -4.68. The summed E-state index contributed by atoms with van der Waals surface area (Å²) >= 11 is 0. The Bertz CT molecular complexity index is 478. The number of hydrogen-bond acceptors (Lipinski definition) is 2. The number of amidine groups is 1. The van der Waals surface area contributed by atoms with Gasteiger partial charge in [-0.25, -0.2) is 4.99 Å². The molecule has 3 nitrogen and oxygen atoms in total. The molecule has 1 aromatic carbocycles. The monoisotopic (exact) mass is 286 g/mol. The van der Waals surface area contributed by atoms with Crippen LogP contribution in [0.1, 0.15) is 25.8 Å². The summed E-state index contributed by atoms with van der Waals surface area (Å²) in [4.78, 5) is 8.27. The molecule has 0 N–H and O–H groups in total. The molecule has 0 saturated heterocycles. The highest BCUT2D eigenvalue weighted by molar-refractivity contribution is 6.03. The van der Waals surface area contributed by atoms with Crippen LogP contribution in [0, 0.1) is 5.92 Å². The Kier molecular flexibility index (Phi) is 5.73. The average molecular weight is 286 g/mol. The average Bonchev–Trinajstić information content (AvgIpc) is 2.39. The predicted molar refractivity (Wildman–Crippen MR) is 73.5 cm³/mol. The van der Waals surface area contributed by atoms with Crippen LogP contribution in [0.25, 0.3) is 0 Å². The van der Waals surface area contributed by atoms with Crippen molar-refractivity contribution in [1.82, 2.24) is 0 Å². The normalized spacial score (nSPS) is 14.6. The van der Waals surface area contributed by atoms with Crippen molar-refractivity contribution >= 4 is 12.1 Å². The van der Waals surface area contributed by atoms with Crippen LogP contribution in [0.15, 0.2) is 34.3 Å². The molecule has 0 amide bonds. The lowest BCUT2D eigenvalue weighted by Gasteiger charge is -2.09. The maximum atomic E-state index is 12.0. The van der Waals surface area contributed by atoms with Gasteiger partial charge in [-0.3, -0.25) is 4.99 Å². The molecule has 6 heteroatoms. The van der Waals surface area contributed by atoms with Crippen LogP contribution in [0.4, 0.5) is 13.2 Å². The van der Waals surface area contributed by atoms with Crippen LogP contribution in [0.2, 0.25) is 0 Å². The number of aliphatic imine (C=N–C) groups is 2. The van der Waals surface area contributed by atoms with Crippen LogP contribution in [-0.2, 0) is 0 Å². The smallest absolute Gasteiger partial charge is 0.406 e. The zero-order valence-electron chi connectivity index (χ0n) is 11.6. The van der Waals surface area contributed by atoms with Crippen molar-refractivity contribution in [3.8, 4) is 5.75 Å². The lowest BCUT2D eigenvalue weighted by molar-refractivity contribution is -0.274. The molecule has 0 saturated carbocycles. The molecule has 0 fully saturated rings. The van der Waals surface area contributed by atoms with Gasteiger partial charge in [-0.1, -0.05) is 13.8 Å². The van der Waals surface area contributed by atoms with Crippen LogP contribution in [-0.4, -0.2) is 25.5 Å². The third-order valence-electron chi connectivity index (χ3n) is 2.65. The molecule has 110 valence electrons. The fourth-order valence-corrected chi connectivity index (χ4v) is 1.37. The van der Waals surface area contributed by atoms with Gasteiger partial charge in [0.15, 0.2) is 5.84 Å². The summed E-state index contributed by atoms with van der Waals surface area (Å²) in [5.74, 6) is 0.533. The number of rotatable bonds is 4. The maximum Gasteiger partial charge on any atom is 0.573 e. The van der Waals surface area contributed by atoms with Crippen LogP contribution >= 0.6 is 0 Å². The van der Waals surface area contributed by atoms with E-state index in [1.807, 2.05) is 13.8 Å². The Labute approximate surface area is 116 Å². The van der Waals surface area contributed by atoms with Gasteiger partial charge in [0.05, 0.1) is 0 Å². The van der Waals surface area contributed by atoms with Gasteiger partial charge in [0.1, 0.15) is 5.75 Å². The van der Waals surface area contributed by atoms with Crippen LogP contribution in [0.5, 0.6) is 5.75 Å². The molecule has 1 atom stereocenters. The third kappa shape index (κ3) is 5.42. The largest absolute Gasteiger partial charge is 0.573 e. The van der Waals surface area contributed by atoms with E-state index in [-0.39, 0.29) is 5.75 Å². The molecule has 0 aliphatic heterocycles. The van der Waals surface area contributed by atoms with E-state index in [0.29, 0.717) is 17.3 Å². The molecule has 1 aromatic rings. The van der Waals surface area contributed by atoms with Gasteiger partial charge in [0.2, 0.25) is 0 Å². The van der Waals surface area contributed by atoms with Gasteiger partial charge in [0.25, 0.3) is 0 Å². The summed E-state index contributed by atoms with van der Waals surface area (Å²) in [6, 6.07) is 5.48. The summed E-state index contributed by atoms with van der Waals surface area (Å²) in [6.45, 7) is 4.07. The van der Waals surface area contributed by atoms with E-state index in [1.54, 1.807) is 13.3 Å². The SMILES string of the molecule is CCC(C)/C=N\C(=N/C)c1ccc(OC(F)(F)F)cc1. The minimum Gasteiger partial charge on any atom is -0.406 e. The molecule has 0 heterocycles. The molecule has 1 rings (SSSR count). The van der Waals surface area contributed by atoms with Crippen molar-refractivity contribution in [2.45, 2.75) is 26.6 Å². The van der Waals surface area contributed by atoms with Gasteiger partial charge in [-0.2, -0.15) is 0 Å². The van der Waals surface area contributed by atoms with Crippen molar-refractivity contribution in [3.63, 3.8) is 0 Å². The van der Waals surface area contributed by atoms with E-state index in [9.17, 15) is 13.2 Å². The molecule has 20 heavy (non-hydrogen) atoms. The zero-order chi connectivity index (χ0) is 15.2. The predicted octanol–water partition coefficient (Wildman–Crippen LogP) is 4.08. The van der Waals surface area contributed by atoms with Crippen molar-refractivity contribution in [2.75, 3.05) is 7.05 Å². The van der Waals surface area contributed by atoms with Crippen molar-refractivity contribution in [2.24, 2.45) is 15.9 Å². The van der Waals surface area contributed by atoms with Crippen LogP contribution < -0.4 is 4.74 Å². The van der Waals surface area contributed by atoms with Gasteiger partial charge in [0, 0.05) is 18.8 Å². The molecule has 0 bridgehead atoms. The number of ether oxygens (including phenoxy) is 1. The van der Waals surface area contributed by atoms with E-state index < -0.39 is 6.36 Å². The topological polar surface area (TPSA) is 34.0 Å². The van der Waals surface area contributed by atoms with Crippen molar-refractivity contribution in [1.29, 1.82) is 0 Å². The molecular formula is C14H17F3N2O. The zero-order valence-corrected chi connectivity index (χ0v) is 11.6. The molecule has 0 spiro atoms. The van der Waals surface area contributed by atoms with Crippen molar-refractivity contribution in [3.05, 3.63) is 29.8 Å². The van der Waals surface area contributed by atoms with E-state index in [0.717, 1.165) is 6.42 Å².